The number of benzene rings is 2. The molecule has 0 aliphatic heterocycles. The first kappa shape index (κ1) is 13.3. The molecule has 3 rings (SSSR count). The fraction of sp³-hybridized carbons (Fsp3) is 0.188. The Hall–Kier alpha value is -2.69. The van der Waals surface area contributed by atoms with Crippen LogP contribution in [0.25, 0.3) is 21.8 Å². The lowest BCUT2D eigenvalue weighted by molar-refractivity contribution is 0.397. The molecule has 3 aromatic rings. The lowest BCUT2D eigenvalue weighted by Crippen LogP contribution is -2.10. The van der Waals surface area contributed by atoms with Crippen LogP contribution in [0.4, 0.5) is 0 Å². The number of hydrogen-bond donors (Lipinski definition) is 1. The summed E-state index contributed by atoms with van der Waals surface area (Å²) in [7, 11) is 4.90. The summed E-state index contributed by atoms with van der Waals surface area (Å²) in [6, 6.07) is 8.45. The number of aryl methyl sites for hydroxylation is 1. The number of phenolic OH excluding ortho intramolecular Hbond substituents is 1. The van der Waals surface area contributed by atoms with Gasteiger partial charge < -0.3 is 19.1 Å². The molecule has 0 atom stereocenters. The molecule has 108 valence electrons. The van der Waals surface area contributed by atoms with Crippen LogP contribution in [0.15, 0.2) is 35.1 Å². The number of aromatic hydroxyl groups is 1. The van der Waals surface area contributed by atoms with Gasteiger partial charge in [0.2, 0.25) is 5.43 Å². The van der Waals surface area contributed by atoms with Crippen LogP contribution >= 0.6 is 0 Å². The highest BCUT2D eigenvalue weighted by atomic mass is 16.5. The fourth-order valence-electron chi connectivity index (χ4n) is 2.64. The molecule has 2 aromatic carbocycles. The van der Waals surface area contributed by atoms with Gasteiger partial charge in [0.15, 0.2) is 0 Å². The second kappa shape index (κ2) is 4.70. The average molecular weight is 285 g/mol. The molecule has 0 aliphatic carbocycles. The first-order valence-electron chi connectivity index (χ1n) is 6.45. The number of pyridine rings is 1. The van der Waals surface area contributed by atoms with E-state index in [2.05, 4.69) is 0 Å². The molecule has 5 heteroatoms. The monoisotopic (exact) mass is 285 g/mol. The van der Waals surface area contributed by atoms with Crippen molar-refractivity contribution in [1.82, 2.24) is 4.57 Å². The maximum absolute atomic E-state index is 12.7. The number of rotatable bonds is 2. The predicted octanol–water partition coefficient (Wildman–Crippen LogP) is 2.41. The summed E-state index contributed by atoms with van der Waals surface area (Å²) in [6.45, 7) is 0. The molecule has 0 spiro atoms. The highest BCUT2D eigenvalue weighted by molar-refractivity contribution is 5.99. The molecule has 0 unspecified atom stereocenters. The van der Waals surface area contributed by atoms with Gasteiger partial charge in [0.25, 0.3) is 0 Å². The van der Waals surface area contributed by atoms with Crippen molar-refractivity contribution in [3.8, 4) is 17.2 Å². The fourth-order valence-corrected chi connectivity index (χ4v) is 2.64. The van der Waals surface area contributed by atoms with Gasteiger partial charge in [-0.15, -0.1) is 0 Å². The van der Waals surface area contributed by atoms with Gasteiger partial charge >= 0.3 is 0 Å². The predicted molar refractivity (Wildman–Crippen MR) is 81.5 cm³/mol. The summed E-state index contributed by atoms with van der Waals surface area (Å²) >= 11 is 0. The smallest absolute Gasteiger partial charge is 0.204 e. The van der Waals surface area contributed by atoms with Crippen molar-refractivity contribution in [1.29, 1.82) is 0 Å². The van der Waals surface area contributed by atoms with E-state index >= 15 is 0 Å². The topological polar surface area (TPSA) is 60.7 Å². The van der Waals surface area contributed by atoms with Gasteiger partial charge in [-0.05, 0) is 12.1 Å². The lowest BCUT2D eigenvalue weighted by Gasteiger charge is -2.14. The first-order valence-corrected chi connectivity index (χ1v) is 6.45. The van der Waals surface area contributed by atoms with Gasteiger partial charge in [0.05, 0.1) is 36.0 Å². The van der Waals surface area contributed by atoms with Crippen molar-refractivity contribution >= 4 is 21.8 Å². The first-order chi connectivity index (χ1) is 10.1. The molecule has 0 saturated carbocycles. The van der Waals surface area contributed by atoms with Crippen LogP contribution in [-0.2, 0) is 7.05 Å². The summed E-state index contributed by atoms with van der Waals surface area (Å²) in [4.78, 5) is 12.7. The van der Waals surface area contributed by atoms with Crippen LogP contribution in [0.2, 0.25) is 0 Å². The number of phenols is 1. The third-order valence-corrected chi connectivity index (χ3v) is 3.71. The molecule has 0 bridgehead atoms. The molecule has 0 radical (unpaired) electrons. The molecule has 5 nitrogen and oxygen atoms in total. The molecule has 1 N–H and O–H groups in total. The van der Waals surface area contributed by atoms with Crippen molar-refractivity contribution in [2.24, 2.45) is 7.05 Å². The van der Waals surface area contributed by atoms with Crippen molar-refractivity contribution in [3.05, 3.63) is 40.6 Å². The minimum atomic E-state index is -0.254. The van der Waals surface area contributed by atoms with E-state index < -0.39 is 0 Å². The lowest BCUT2D eigenvalue weighted by atomic mass is 10.1. The largest absolute Gasteiger partial charge is 0.507 e. The Morgan fingerprint density at radius 2 is 1.81 bits per heavy atom. The Bertz CT molecular complexity index is 912. The van der Waals surface area contributed by atoms with Gasteiger partial charge in [-0.3, -0.25) is 4.79 Å². The third kappa shape index (κ3) is 1.81. The van der Waals surface area contributed by atoms with Crippen LogP contribution in [-0.4, -0.2) is 23.9 Å². The Kier molecular flexibility index (Phi) is 2.97. The SMILES string of the molecule is COc1cc(OC)c2c(=O)c3c(O)cccc3n(C)c2c1. The molecular weight excluding hydrogens is 270 g/mol. The number of fused-ring (bicyclic) bond motifs is 2. The quantitative estimate of drug-likeness (QED) is 0.735. The van der Waals surface area contributed by atoms with Gasteiger partial charge in [-0.25, -0.2) is 0 Å². The zero-order chi connectivity index (χ0) is 15.1. The van der Waals surface area contributed by atoms with E-state index in [9.17, 15) is 9.90 Å². The van der Waals surface area contributed by atoms with Crippen LogP contribution in [0, 0.1) is 0 Å². The maximum Gasteiger partial charge on any atom is 0.204 e. The average Bonchev–Trinajstić information content (AvgIpc) is 2.51. The summed E-state index contributed by atoms with van der Waals surface area (Å²) in [5.74, 6) is 0.997. The van der Waals surface area contributed by atoms with E-state index in [0.717, 1.165) is 0 Å². The van der Waals surface area contributed by atoms with Crippen LogP contribution < -0.4 is 14.9 Å². The van der Waals surface area contributed by atoms with Gasteiger partial charge in [0.1, 0.15) is 17.2 Å². The molecule has 21 heavy (non-hydrogen) atoms. The Balaban J connectivity index is 2.65. The molecule has 1 aromatic heterocycles. The summed E-state index contributed by atoms with van der Waals surface area (Å²) in [5.41, 5.74) is 1.09. The second-order valence-electron chi connectivity index (χ2n) is 4.78. The van der Waals surface area contributed by atoms with E-state index in [1.54, 1.807) is 31.4 Å². The second-order valence-corrected chi connectivity index (χ2v) is 4.78. The zero-order valence-corrected chi connectivity index (χ0v) is 12.0. The summed E-state index contributed by atoms with van der Waals surface area (Å²) < 4.78 is 12.4. The van der Waals surface area contributed by atoms with Gasteiger partial charge in [-0.2, -0.15) is 0 Å². The number of methoxy groups -OCH3 is 2. The van der Waals surface area contributed by atoms with E-state index in [4.69, 9.17) is 9.47 Å². The van der Waals surface area contributed by atoms with Crippen molar-refractivity contribution in [2.75, 3.05) is 14.2 Å². The minimum absolute atomic E-state index is 0.0344. The van der Waals surface area contributed by atoms with Crippen molar-refractivity contribution in [2.45, 2.75) is 0 Å². The number of ether oxygens (including phenoxy) is 2. The third-order valence-electron chi connectivity index (χ3n) is 3.71. The highest BCUT2D eigenvalue weighted by Crippen LogP contribution is 2.32. The molecule has 0 aliphatic rings. The van der Waals surface area contributed by atoms with Crippen LogP contribution in [0.1, 0.15) is 0 Å². The van der Waals surface area contributed by atoms with Gasteiger partial charge in [-0.1, -0.05) is 6.07 Å². The van der Waals surface area contributed by atoms with E-state index in [1.807, 2.05) is 11.6 Å². The number of hydrogen-bond acceptors (Lipinski definition) is 4. The Morgan fingerprint density at radius 3 is 2.48 bits per heavy atom. The number of aromatic nitrogens is 1. The van der Waals surface area contributed by atoms with E-state index in [1.165, 1.54) is 13.2 Å². The summed E-state index contributed by atoms with van der Waals surface area (Å²) in [6.07, 6.45) is 0. The Labute approximate surface area is 121 Å². The molecule has 0 saturated heterocycles. The summed E-state index contributed by atoms with van der Waals surface area (Å²) in [5, 5.41) is 10.7. The van der Waals surface area contributed by atoms with E-state index in [-0.39, 0.29) is 16.6 Å². The standard InChI is InChI=1S/C16H15NO4/c1-17-10-5-4-6-12(18)14(10)16(19)15-11(17)7-9(20-2)8-13(15)21-3/h4-8,18H,1-3H3. The Morgan fingerprint density at radius 1 is 1.05 bits per heavy atom. The minimum Gasteiger partial charge on any atom is -0.507 e. The number of nitrogens with zero attached hydrogens (tertiary/aromatic N) is 1. The van der Waals surface area contributed by atoms with Crippen molar-refractivity contribution in [3.63, 3.8) is 0 Å². The van der Waals surface area contributed by atoms with Gasteiger partial charge in [0, 0.05) is 19.2 Å². The van der Waals surface area contributed by atoms with E-state index in [0.29, 0.717) is 27.9 Å². The molecule has 1 heterocycles. The molecule has 0 amide bonds. The van der Waals surface area contributed by atoms with Crippen LogP contribution in [0.3, 0.4) is 0 Å². The zero-order valence-electron chi connectivity index (χ0n) is 12.0. The maximum atomic E-state index is 12.7. The van der Waals surface area contributed by atoms with Crippen LogP contribution in [0.5, 0.6) is 17.2 Å². The normalized spacial score (nSPS) is 11.0. The molecular formula is C16H15NO4. The highest BCUT2D eigenvalue weighted by Gasteiger charge is 2.16. The molecule has 0 fully saturated rings. The van der Waals surface area contributed by atoms with Crippen molar-refractivity contribution < 1.29 is 14.6 Å².